The maximum atomic E-state index is 11.6. The lowest BCUT2D eigenvalue weighted by Gasteiger charge is -2.19. The molecule has 1 N–H and O–H groups in total. The van der Waals surface area contributed by atoms with Crippen molar-refractivity contribution < 1.29 is 14.3 Å². The van der Waals surface area contributed by atoms with Crippen molar-refractivity contribution in [2.45, 2.75) is 39.5 Å². The molecule has 0 fully saturated rings. The van der Waals surface area contributed by atoms with E-state index in [1.807, 2.05) is 57.2 Å². The number of rotatable bonds is 5. The third-order valence-electron chi connectivity index (χ3n) is 2.86. The Balaban J connectivity index is 1.79. The third-order valence-corrected chi connectivity index (χ3v) is 2.86. The maximum absolute atomic E-state index is 11.6. The van der Waals surface area contributed by atoms with Crippen LogP contribution in [0.15, 0.2) is 48.7 Å². The first-order valence-corrected chi connectivity index (χ1v) is 7.51. The van der Waals surface area contributed by atoms with Gasteiger partial charge in [0.2, 0.25) is 5.88 Å². The first-order valence-electron chi connectivity index (χ1n) is 7.51. The van der Waals surface area contributed by atoms with E-state index < -0.39 is 11.7 Å². The van der Waals surface area contributed by atoms with Gasteiger partial charge in [-0.25, -0.2) is 9.78 Å². The van der Waals surface area contributed by atoms with Crippen molar-refractivity contribution in [1.82, 2.24) is 10.3 Å². The Bertz CT molecular complexity index is 619. The van der Waals surface area contributed by atoms with Crippen LogP contribution in [0.2, 0.25) is 0 Å². The molecule has 5 nitrogen and oxygen atoms in total. The summed E-state index contributed by atoms with van der Waals surface area (Å²) in [4.78, 5) is 15.8. The topological polar surface area (TPSA) is 60.5 Å². The highest BCUT2D eigenvalue weighted by molar-refractivity contribution is 5.67. The molecule has 0 atom stereocenters. The van der Waals surface area contributed by atoms with Crippen molar-refractivity contribution in [3.8, 4) is 5.88 Å². The van der Waals surface area contributed by atoms with Gasteiger partial charge < -0.3 is 14.8 Å². The Labute approximate surface area is 136 Å². The van der Waals surface area contributed by atoms with Gasteiger partial charge in [-0.2, -0.15) is 0 Å². The summed E-state index contributed by atoms with van der Waals surface area (Å²) in [5, 5.41) is 2.69. The van der Waals surface area contributed by atoms with Crippen LogP contribution in [0.4, 0.5) is 4.79 Å². The van der Waals surface area contributed by atoms with Gasteiger partial charge in [0, 0.05) is 18.8 Å². The number of ether oxygens (including phenoxy) is 2. The largest absolute Gasteiger partial charge is 0.473 e. The van der Waals surface area contributed by atoms with Crippen molar-refractivity contribution in [2.24, 2.45) is 0 Å². The number of nitrogens with one attached hydrogen (secondary N) is 1. The molecule has 0 aliphatic heterocycles. The Morgan fingerprint density at radius 1 is 1.09 bits per heavy atom. The maximum Gasteiger partial charge on any atom is 0.407 e. The number of nitrogens with zero attached hydrogens (tertiary/aromatic N) is 1. The Morgan fingerprint density at radius 3 is 2.43 bits per heavy atom. The van der Waals surface area contributed by atoms with Crippen LogP contribution in [-0.4, -0.2) is 16.7 Å². The molecule has 23 heavy (non-hydrogen) atoms. The third kappa shape index (κ3) is 6.38. The van der Waals surface area contributed by atoms with Crippen LogP contribution in [-0.2, 0) is 17.9 Å². The van der Waals surface area contributed by atoms with Gasteiger partial charge in [0.05, 0.1) is 0 Å². The highest BCUT2D eigenvalue weighted by Gasteiger charge is 2.15. The molecule has 1 aromatic carbocycles. The fraction of sp³-hybridized carbons (Fsp3) is 0.333. The quantitative estimate of drug-likeness (QED) is 0.914. The van der Waals surface area contributed by atoms with Gasteiger partial charge in [0.25, 0.3) is 0 Å². The summed E-state index contributed by atoms with van der Waals surface area (Å²) in [5.74, 6) is 0.551. The van der Waals surface area contributed by atoms with Gasteiger partial charge in [-0.3, -0.25) is 0 Å². The van der Waals surface area contributed by atoms with Crippen LogP contribution < -0.4 is 10.1 Å². The first kappa shape index (κ1) is 16.8. The fourth-order valence-electron chi connectivity index (χ4n) is 1.82. The predicted octanol–water partition coefficient (Wildman–Crippen LogP) is 3.69. The summed E-state index contributed by atoms with van der Waals surface area (Å²) >= 11 is 0. The Kier molecular flexibility index (Phi) is 5.57. The second-order valence-corrected chi connectivity index (χ2v) is 6.13. The van der Waals surface area contributed by atoms with Gasteiger partial charge in [-0.05, 0) is 31.9 Å². The van der Waals surface area contributed by atoms with Gasteiger partial charge in [0.1, 0.15) is 12.2 Å². The summed E-state index contributed by atoms with van der Waals surface area (Å²) in [6.07, 6.45) is 1.24. The Hall–Kier alpha value is -2.56. The molecule has 5 heteroatoms. The average molecular weight is 314 g/mol. The van der Waals surface area contributed by atoms with Crippen molar-refractivity contribution in [3.05, 3.63) is 59.8 Å². The highest BCUT2D eigenvalue weighted by atomic mass is 16.6. The van der Waals surface area contributed by atoms with E-state index in [9.17, 15) is 4.79 Å². The van der Waals surface area contributed by atoms with E-state index in [1.165, 1.54) is 0 Å². The summed E-state index contributed by atoms with van der Waals surface area (Å²) in [6, 6.07) is 13.6. The van der Waals surface area contributed by atoms with E-state index in [0.717, 1.165) is 11.1 Å². The van der Waals surface area contributed by atoms with E-state index in [4.69, 9.17) is 9.47 Å². The standard InChI is InChI=1S/C18H22N2O3/c1-18(2,3)23-17(21)20-12-15-9-10-16(19-11-15)22-13-14-7-5-4-6-8-14/h4-11H,12-13H2,1-3H3,(H,20,21). The molecule has 0 radical (unpaired) electrons. The minimum absolute atomic E-state index is 0.362. The molecule has 0 unspecified atom stereocenters. The van der Waals surface area contributed by atoms with Crippen molar-refractivity contribution in [1.29, 1.82) is 0 Å². The van der Waals surface area contributed by atoms with E-state index in [2.05, 4.69) is 10.3 Å². The summed E-state index contributed by atoms with van der Waals surface area (Å²) in [5.41, 5.74) is 1.46. The minimum Gasteiger partial charge on any atom is -0.473 e. The van der Waals surface area contributed by atoms with Gasteiger partial charge >= 0.3 is 6.09 Å². The number of amides is 1. The van der Waals surface area contributed by atoms with Crippen LogP contribution >= 0.6 is 0 Å². The number of benzene rings is 1. The molecule has 2 rings (SSSR count). The number of pyridine rings is 1. The second-order valence-electron chi connectivity index (χ2n) is 6.13. The van der Waals surface area contributed by atoms with Crippen LogP contribution in [0.1, 0.15) is 31.9 Å². The monoisotopic (exact) mass is 314 g/mol. The van der Waals surface area contributed by atoms with E-state index in [1.54, 1.807) is 12.3 Å². The average Bonchev–Trinajstić information content (AvgIpc) is 2.51. The van der Waals surface area contributed by atoms with E-state index in [-0.39, 0.29) is 0 Å². The molecule has 122 valence electrons. The molecule has 2 aromatic rings. The van der Waals surface area contributed by atoms with Crippen LogP contribution in [0.5, 0.6) is 5.88 Å². The van der Waals surface area contributed by atoms with E-state index >= 15 is 0 Å². The molecule has 0 spiro atoms. The summed E-state index contributed by atoms with van der Waals surface area (Å²) in [7, 11) is 0. The minimum atomic E-state index is -0.503. The van der Waals surface area contributed by atoms with Crippen molar-refractivity contribution >= 4 is 6.09 Å². The van der Waals surface area contributed by atoms with Gasteiger partial charge in [-0.15, -0.1) is 0 Å². The predicted molar refractivity (Wildman–Crippen MR) is 88.1 cm³/mol. The van der Waals surface area contributed by atoms with Gasteiger partial charge in [0.15, 0.2) is 0 Å². The molecule has 1 heterocycles. The lowest BCUT2D eigenvalue weighted by Crippen LogP contribution is -2.32. The molecule has 1 aromatic heterocycles. The van der Waals surface area contributed by atoms with Crippen molar-refractivity contribution in [2.75, 3.05) is 0 Å². The molecule has 0 bridgehead atoms. The molecule has 0 saturated heterocycles. The molecule has 1 amide bonds. The summed E-state index contributed by atoms with van der Waals surface area (Å²) < 4.78 is 10.8. The van der Waals surface area contributed by atoms with Crippen molar-refractivity contribution in [3.63, 3.8) is 0 Å². The number of carbonyl (C=O) groups is 1. The number of carbonyl (C=O) groups excluding carboxylic acids is 1. The number of hydrogen-bond donors (Lipinski definition) is 1. The normalized spacial score (nSPS) is 10.9. The smallest absolute Gasteiger partial charge is 0.407 e. The zero-order chi connectivity index (χ0) is 16.7. The Morgan fingerprint density at radius 2 is 1.83 bits per heavy atom. The van der Waals surface area contributed by atoms with Gasteiger partial charge in [-0.1, -0.05) is 36.4 Å². The zero-order valence-corrected chi connectivity index (χ0v) is 13.7. The summed E-state index contributed by atoms with van der Waals surface area (Å²) in [6.45, 7) is 6.32. The van der Waals surface area contributed by atoms with Crippen LogP contribution in [0, 0.1) is 0 Å². The van der Waals surface area contributed by atoms with Crippen LogP contribution in [0.25, 0.3) is 0 Å². The van der Waals surface area contributed by atoms with E-state index in [0.29, 0.717) is 19.0 Å². The number of aromatic nitrogens is 1. The molecular weight excluding hydrogens is 292 g/mol. The SMILES string of the molecule is CC(C)(C)OC(=O)NCc1ccc(OCc2ccccc2)nc1. The molecule has 0 aliphatic carbocycles. The highest BCUT2D eigenvalue weighted by Crippen LogP contribution is 2.11. The fourth-order valence-corrected chi connectivity index (χ4v) is 1.82. The first-order chi connectivity index (χ1) is 10.9. The lowest BCUT2D eigenvalue weighted by molar-refractivity contribution is 0.0523. The molecule has 0 aliphatic rings. The number of hydrogen-bond acceptors (Lipinski definition) is 4. The molecule has 0 saturated carbocycles. The zero-order valence-electron chi connectivity index (χ0n) is 13.7. The second kappa shape index (κ2) is 7.63. The lowest BCUT2D eigenvalue weighted by atomic mass is 10.2. The van der Waals surface area contributed by atoms with Crippen LogP contribution in [0.3, 0.4) is 0 Å². The molecular formula is C18H22N2O3. The number of alkyl carbamates (subject to hydrolysis) is 1.